The third-order valence-corrected chi connectivity index (χ3v) is 3.01. The molecule has 1 rings (SSSR count). The minimum absolute atomic E-state index is 0.225. The molecule has 0 fully saturated rings. The van der Waals surface area contributed by atoms with Gasteiger partial charge in [-0.3, -0.25) is 4.79 Å². The predicted octanol–water partition coefficient (Wildman–Crippen LogP) is 3.46. The minimum Gasteiger partial charge on any atom is -0.466 e. The fourth-order valence-electron chi connectivity index (χ4n) is 2.03. The first-order chi connectivity index (χ1) is 9.02. The Balaban J connectivity index is 2.42. The lowest BCUT2D eigenvalue weighted by molar-refractivity contribution is -0.144. The fourth-order valence-corrected chi connectivity index (χ4v) is 2.03. The van der Waals surface area contributed by atoms with Crippen molar-refractivity contribution in [1.29, 1.82) is 0 Å². The summed E-state index contributed by atoms with van der Waals surface area (Å²) in [5, 5.41) is 10.1. The van der Waals surface area contributed by atoms with E-state index in [1.807, 2.05) is 26.0 Å². The predicted molar refractivity (Wildman–Crippen MR) is 76.0 cm³/mol. The Morgan fingerprint density at radius 2 is 1.89 bits per heavy atom. The summed E-state index contributed by atoms with van der Waals surface area (Å²) in [6.07, 6.45) is 1.98. The Morgan fingerprint density at radius 3 is 2.47 bits per heavy atom. The highest BCUT2D eigenvalue weighted by molar-refractivity contribution is 5.69. The van der Waals surface area contributed by atoms with Gasteiger partial charge in [0.25, 0.3) is 0 Å². The molecule has 0 saturated heterocycles. The van der Waals surface area contributed by atoms with Crippen LogP contribution in [0.4, 0.5) is 0 Å². The van der Waals surface area contributed by atoms with E-state index in [-0.39, 0.29) is 12.4 Å². The van der Waals surface area contributed by atoms with Gasteiger partial charge < -0.3 is 9.84 Å². The van der Waals surface area contributed by atoms with Crippen molar-refractivity contribution in [2.75, 3.05) is 6.61 Å². The largest absolute Gasteiger partial charge is 0.466 e. The molecule has 1 atom stereocenters. The van der Waals surface area contributed by atoms with E-state index in [0.29, 0.717) is 13.0 Å². The van der Waals surface area contributed by atoms with Crippen molar-refractivity contribution in [3.8, 4) is 0 Å². The molecule has 0 bridgehead atoms. The molecule has 0 aliphatic heterocycles. The van der Waals surface area contributed by atoms with Crippen LogP contribution in [0.15, 0.2) is 18.2 Å². The van der Waals surface area contributed by atoms with Crippen LogP contribution in [0.2, 0.25) is 0 Å². The summed E-state index contributed by atoms with van der Waals surface area (Å²) >= 11 is 0. The molecule has 19 heavy (non-hydrogen) atoms. The molecule has 1 aromatic carbocycles. The van der Waals surface area contributed by atoms with Crippen molar-refractivity contribution in [2.45, 2.75) is 52.6 Å². The van der Waals surface area contributed by atoms with Crippen LogP contribution in [-0.4, -0.2) is 17.7 Å². The Hall–Kier alpha value is -1.35. The summed E-state index contributed by atoms with van der Waals surface area (Å²) < 4.78 is 5.07. The van der Waals surface area contributed by atoms with Crippen LogP contribution in [-0.2, 0) is 9.53 Å². The molecule has 3 nitrogen and oxygen atoms in total. The summed E-state index contributed by atoms with van der Waals surface area (Å²) in [5.41, 5.74) is 3.12. The number of benzene rings is 1. The maximum Gasteiger partial charge on any atom is 0.305 e. The number of aliphatic hydroxyl groups is 1. The van der Waals surface area contributed by atoms with E-state index in [2.05, 4.69) is 13.0 Å². The van der Waals surface area contributed by atoms with E-state index in [9.17, 15) is 9.90 Å². The maximum atomic E-state index is 11.5. The van der Waals surface area contributed by atoms with Gasteiger partial charge in [0.1, 0.15) is 0 Å². The quantitative estimate of drug-likeness (QED) is 0.606. The second kappa shape index (κ2) is 7.95. The van der Waals surface area contributed by atoms with E-state index in [1.54, 1.807) is 0 Å². The summed E-state index contributed by atoms with van der Waals surface area (Å²) in [6.45, 7) is 6.54. The smallest absolute Gasteiger partial charge is 0.305 e. The summed E-state index contributed by atoms with van der Waals surface area (Å²) in [4.78, 5) is 11.5. The Bertz CT molecular complexity index is 392. The molecule has 0 aliphatic carbocycles. The monoisotopic (exact) mass is 264 g/mol. The molecule has 106 valence electrons. The van der Waals surface area contributed by atoms with Gasteiger partial charge in [0.2, 0.25) is 0 Å². The number of carbonyl (C=O) groups excluding carboxylic acids is 1. The zero-order valence-corrected chi connectivity index (χ0v) is 12.1. The van der Waals surface area contributed by atoms with Gasteiger partial charge in [0.15, 0.2) is 0 Å². The first-order valence-corrected chi connectivity index (χ1v) is 6.94. The van der Waals surface area contributed by atoms with Gasteiger partial charge in [-0.05, 0) is 32.3 Å². The van der Waals surface area contributed by atoms with Gasteiger partial charge >= 0.3 is 5.97 Å². The molecule has 0 heterocycles. The average Bonchev–Trinajstić information content (AvgIpc) is 2.35. The SMILES string of the molecule is CCCCOC(=O)CCC(O)c1cc(C)cc(C)c1. The Morgan fingerprint density at radius 1 is 1.26 bits per heavy atom. The molecule has 0 amide bonds. The second-order valence-corrected chi connectivity index (χ2v) is 5.05. The van der Waals surface area contributed by atoms with Crippen LogP contribution < -0.4 is 0 Å². The lowest BCUT2D eigenvalue weighted by Gasteiger charge is -2.12. The molecule has 0 aliphatic rings. The highest BCUT2D eigenvalue weighted by atomic mass is 16.5. The van der Waals surface area contributed by atoms with E-state index in [1.165, 1.54) is 0 Å². The highest BCUT2D eigenvalue weighted by Gasteiger charge is 2.12. The molecule has 0 aromatic heterocycles. The Labute approximate surface area is 115 Å². The zero-order chi connectivity index (χ0) is 14.3. The van der Waals surface area contributed by atoms with Gasteiger partial charge in [0, 0.05) is 6.42 Å². The lowest BCUT2D eigenvalue weighted by Crippen LogP contribution is -2.08. The van der Waals surface area contributed by atoms with E-state index < -0.39 is 6.10 Å². The molecule has 0 radical (unpaired) electrons. The number of esters is 1. The summed E-state index contributed by atoms with van der Waals surface area (Å²) in [5.74, 6) is -0.225. The number of hydrogen-bond donors (Lipinski definition) is 1. The van der Waals surface area contributed by atoms with Crippen molar-refractivity contribution in [3.63, 3.8) is 0 Å². The number of aliphatic hydroxyl groups excluding tert-OH is 1. The standard InChI is InChI=1S/C16H24O3/c1-4-5-8-19-16(18)7-6-15(17)14-10-12(2)9-13(3)11-14/h9-11,15,17H,4-8H2,1-3H3. The normalized spacial score (nSPS) is 12.2. The number of hydrogen-bond acceptors (Lipinski definition) is 3. The van der Waals surface area contributed by atoms with Crippen LogP contribution in [0.5, 0.6) is 0 Å². The number of unbranched alkanes of at least 4 members (excludes halogenated alkanes) is 1. The second-order valence-electron chi connectivity index (χ2n) is 5.05. The van der Waals surface area contributed by atoms with Crippen LogP contribution in [0.25, 0.3) is 0 Å². The number of ether oxygens (including phenoxy) is 1. The summed E-state index contributed by atoms with van der Waals surface area (Å²) in [6, 6.07) is 5.98. The van der Waals surface area contributed by atoms with E-state index in [4.69, 9.17) is 4.74 Å². The van der Waals surface area contributed by atoms with Crippen molar-refractivity contribution in [1.82, 2.24) is 0 Å². The molecule has 1 N–H and O–H groups in total. The zero-order valence-electron chi connectivity index (χ0n) is 12.1. The molecule has 1 unspecified atom stereocenters. The maximum absolute atomic E-state index is 11.5. The summed E-state index contributed by atoms with van der Waals surface area (Å²) in [7, 11) is 0. The van der Waals surface area contributed by atoms with E-state index >= 15 is 0 Å². The topological polar surface area (TPSA) is 46.5 Å². The van der Waals surface area contributed by atoms with Crippen LogP contribution in [0, 0.1) is 13.8 Å². The van der Waals surface area contributed by atoms with Crippen LogP contribution in [0.3, 0.4) is 0 Å². The molecule has 0 saturated carbocycles. The first kappa shape index (κ1) is 15.7. The number of aryl methyl sites for hydroxylation is 2. The van der Waals surface area contributed by atoms with Crippen LogP contribution >= 0.6 is 0 Å². The molecular weight excluding hydrogens is 240 g/mol. The third-order valence-electron chi connectivity index (χ3n) is 3.01. The van der Waals surface area contributed by atoms with Crippen molar-refractivity contribution < 1.29 is 14.6 Å². The lowest BCUT2D eigenvalue weighted by atomic mass is 10.0. The minimum atomic E-state index is -0.600. The van der Waals surface area contributed by atoms with Crippen molar-refractivity contribution in [2.24, 2.45) is 0 Å². The first-order valence-electron chi connectivity index (χ1n) is 6.94. The van der Waals surface area contributed by atoms with Gasteiger partial charge in [-0.2, -0.15) is 0 Å². The van der Waals surface area contributed by atoms with Gasteiger partial charge in [-0.1, -0.05) is 42.7 Å². The van der Waals surface area contributed by atoms with Gasteiger partial charge in [0.05, 0.1) is 12.7 Å². The molecule has 1 aromatic rings. The van der Waals surface area contributed by atoms with Crippen LogP contribution in [0.1, 0.15) is 55.4 Å². The van der Waals surface area contributed by atoms with E-state index in [0.717, 1.165) is 29.5 Å². The van der Waals surface area contributed by atoms with Crippen molar-refractivity contribution >= 4 is 5.97 Å². The molecular formula is C16H24O3. The number of carbonyl (C=O) groups is 1. The van der Waals surface area contributed by atoms with Gasteiger partial charge in [-0.15, -0.1) is 0 Å². The molecule has 0 spiro atoms. The fraction of sp³-hybridized carbons (Fsp3) is 0.562. The third kappa shape index (κ3) is 5.88. The average molecular weight is 264 g/mol. The van der Waals surface area contributed by atoms with Gasteiger partial charge in [-0.25, -0.2) is 0 Å². The molecule has 3 heteroatoms. The van der Waals surface area contributed by atoms with Crippen molar-refractivity contribution in [3.05, 3.63) is 34.9 Å². The Kier molecular flexibility index (Phi) is 6.57. The highest BCUT2D eigenvalue weighted by Crippen LogP contribution is 2.21. The number of rotatable bonds is 7.